The third-order valence-corrected chi connectivity index (χ3v) is 3.31. The van der Waals surface area contributed by atoms with Gasteiger partial charge in [0.05, 0.1) is 12.2 Å². The van der Waals surface area contributed by atoms with Crippen molar-refractivity contribution in [2.75, 3.05) is 18.1 Å². The van der Waals surface area contributed by atoms with E-state index in [2.05, 4.69) is 0 Å². The number of Topliss-reactive ketones (excluding diaryl/α,β-unsaturated/α-hetero) is 1. The van der Waals surface area contributed by atoms with Crippen LogP contribution in [0, 0.1) is 0 Å². The number of nitrogens with zero attached hydrogens (tertiary/aromatic N) is 1. The number of rotatable bonds is 4. The molecule has 2 rings (SSSR count). The highest BCUT2D eigenvalue weighted by Crippen LogP contribution is 2.34. The number of carbonyl (C=O) groups is 2. The van der Waals surface area contributed by atoms with E-state index in [-0.39, 0.29) is 5.78 Å². The van der Waals surface area contributed by atoms with Crippen LogP contribution in [0.2, 0.25) is 0 Å². The van der Waals surface area contributed by atoms with Gasteiger partial charge in [0.2, 0.25) is 0 Å². The van der Waals surface area contributed by atoms with E-state index in [0.29, 0.717) is 36.6 Å². The minimum atomic E-state index is -0.858. The highest BCUT2D eigenvalue weighted by molar-refractivity contribution is 5.96. The van der Waals surface area contributed by atoms with Crippen LogP contribution < -0.4 is 9.64 Å². The van der Waals surface area contributed by atoms with Crippen molar-refractivity contribution in [1.82, 2.24) is 0 Å². The van der Waals surface area contributed by atoms with Crippen molar-refractivity contribution in [1.29, 1.82) is 0 Å². The van der Waals surface area contributed by atoms with E-state index in [1.54, 1.807) is 23.1 Å². The molecule has 1 atom stereocenters. The highest BCUT2D eigenvalue weighted by Gasteiger charge is 2.29. The van der Waals surface area contributed by atoms with E-state index < -0.39 is 12.0 Å². The fourth-order valence-corrected chi connectivity index (χ4v) is 2.31. The van der Waals surface area contributed by atoms with Gasteiger partial charge in [-0.1, -0.05) is 6.92 Å². The number of aliphatic carboxylic acids is 1. The summed E-state index contributed by atoms with van der Waals surface area (Å²) in [4.78, 5) is 24.5. The Morgan fingerprint density at radius 1 is 1.47 bits per heavy atom. The summed E-state index contributed by atoms with van der Waals surface area (Å²) in [6.07, 6.45) is 0.499. The monoisotopic (exact) mass is 263 g/mol. The Hall–Kier alpha value is -2.04. The number of anilines is 1. The lowest BCUT2D eigenvalue weighted by molar-refractivity contribution is -0.138. The Labute approximate surface area is 111 Å². The first kappa shape index (κ1) is 13.4. The molecule has 0 aromatic heterocycles. The maximum absolute atomic E-state index is 11.4. The highest BCUT2D eigenvalue weighted by atomic mass is 16.5. The molecule has 0 saturated carbocycles. The fourth-order valence-electron chi connectivity index (χ4n) is 2.31. The molecular weight excluding hydrogens is 246 g/mol. The first-order valence-corrected chi connectivity index (χ1v) is 6.31. The van der Waals surface area contributed by atoms with Crippen LogP contribution >= 0.6 is 0 Å². The zero-order valence-electron chi connectivity index (χ0n) is 11.0. The third kappa shape index (κ3) is 2.54. The van der Waals surface area contributed by atoms with Crippen molar-refractivity contribution in [3.05, 3.63) is 23.8 Å². The van der Waals surface area contributed by atoms with Gasteiger partial charge in [-0.05, 0) is 31.5 Å². The van der Waals surface area contributed by atoms with Gasteiger partial charge in [-0.15, -0.1) is 0 Å². The number of carboxylic acid groups (broad SMARTS) is 1. The third-order valence-electron chi connectivity index (χ3n) is 3.31. The van der Waals surface area contributed by atoms with E-state index in [9.17, 15) is 14.7 Å². The lowest BCUT2D eigenvalue weighted by atomic mass is 10.1. The van der Waals surface area contributed by atoms with E-state index in [1.807, 2.05) is 6.92 Å². The molecule has 0 spiro atoms. The van der Waals surface area contributed by atoms with Crippen molar-refractivity contribution < 1.29 is 19.4 Å². The summed E-state index contributed by atoms with van der Waals surface area (Å²) in [6.45, 7) is 4.29. The maximum Gasteiger partial charge on any atom is 0.326 e. The SMILES string of the molecule is CCC(C(=O)O)N1CCOc2ccc(C(C)=O)cc21. The zero-order chi connectivity index (χ0) is 14.0. The predicted molar refractivity (Wildman–Crippen MR) is 71.0 cm³/mol. The molecule has 1 unspecified atom stereocenters. The van der Waals surface area contributed by atoms with Crippen LogP contribution in [0.3, 0.4) is 0 Å². The molecule has 1 aromatic rings. The first-order chi connectivity index (χ1) is 9.04. The molecule has 19 heavy (non-hydrogen) atoms. The number of hydrogen-bond donors (Lipinski definition) is 1. The topological polar surface area (TPSA) is 66.8 Å². The Balaban J connectivity index is 2.44. The van der Waals surface area contributed by atoms with Crippen molar-refractivity contribution in [2.24, 2.45) is 0 Å². The molecule has 1 N–H and O–H groups in total. The zero-order valence-corrected chi connectivity index (χ0v) is 11.0. The van der Waals surface area contributed by atoms with Crippen LogP contribution in [0.1, 0.15) is 30.6 Å². The van der Waals surface area contributed by atoms with E-state index >= 15 is 0 Å². The summed E-state index contributed by atoms with van der Waals surface area (Å²) in [7, 11) is 0. The van der Waals surface area contributed by atoms with Gasteiger partial charge in [-0.2, -0.15) is 0 Å². The molecule has 0 amide bonds. The van der Waals surface area contributed by atoms with Gasteiger partial charge in [0.15, 0.2) is 5.78 Å². The van der Waals surface area contributed by atoms with Crippen molar-refractivity contribution in [3.63, 3.8) is 0 Å². The molecule has 1 heterocycles. The second-order valence-corrected chi connectivity index (χ2v) is 4.54. The van der Waals surface area contributed by atoms with Crippen LogP contribution in [0.5, 0.6) is 5.75 Å². The number of hydrogen-bond acceptors (Lipinski definition) is 4. The molecule has 5 nitrogen and oxygen atoms in total. The Morgan fingerprint density at radius 3 is 2.79 bits per heavy atom. The molecule has 0 aliphatic carbocycles. The van der Waals surface area contributed by atoms with Gasteiger partial charge in [0, 0.05) is 5.56 Å². The van der Waals surface area contributed by atoms with Crippen LogP contribution in [0.25, 0.3) is 0 Å². The van der Waals surface area contributed by atoms with Gasteiger partial charge in [0.25, 0.3) is 0 Å². The second kappa shape index (κ2) is 5.30. The average Bonchev–Trinajstić information content (AvgIpc) is 2.38. The van der Waals surface area contributed by atoms with Crippen LogP contribution in [-0.2, 0) is 4.79 Å². The molecule has 0 bridgehead atoms. The lowest BCUT2D eigenvalue weighted by Gasteiger charge is -2.35. The minimum Gasteiger partial charge on any atom is -0.490 e. The number of carbonyl (C=O) groups excluding carboxylic acids is 1. The normalized spacial score (nSPS) is 15.4. The number of ether oxygens (including phenoxy) is 1. The van der Waals surface area contributed by atoms with E-state index in [1.165, 1.54) is 6.92 Å². The molecule has 102 valence electrons. The largest absolute Gasteiger partial charge is 0.490 e. The molecule has 5 heteroatoms. The standard InChI is InChI=1S/C14H17NO4/c1-3-11(14(17)18)15-6-7-19-13-5-4-10(9(2)16)8-12(13)15/h4-5,8,11H,3,6-7H2,1-2H3,(H,17,18). The number of carboxylic acids is 1. The smallest absolute Gasteiger partial charge is 0.326 e. The summed E-state index contributed by atoms with van der Waals surface area (Å²) < 4.78 is 5.52. The molecule has 1 aliphatic rings. The van der Waals surface area contributed by atoms with Gasteiger partial charge in [0.1, 0.15) is 18.4 Å². The van der Waals surface area contributed by atoms with Gasteiger partial charge in [-0.25, -0.2) is 4.79 Å². The summed E-state index contributed by atoms with van der Waals surface area (Å²) in [5.74, 6) is -0.267. The Bertz CT molecular complexity index is 512. The average molecular weight is 263 g/mol. The molecule has 1 aromatic carbocycles. The van der Waals surface area contributed by atoms with Crippen LogP contribution in [-0.4, -0.2) is 36.1 Å². The summed E-state index contributed by atoms with van der Waals surface area (Å²) in [6, 6.07) is 4.55. The predicted octanol–water partition coefficient (Wildman–Crippen LogP) is 1.95. The number of ketones is 1. The van der Waals surface area contributed by atoms with Crippen molar-refractivity contribution in [2.45, 2.75) is 26.3 Å². The van der Waals surface area contributed by atoms with Crippen LogP contribution in [0.15, 0.2) is 18.2 Å². The van der Waals surface area contributed by atoms with Crippen molar-refractivity contribution in [3.8, 4) is 5.75 Å². The summed E-state index contributed by atoms with van der Waals surface area (Å²) in [5.41, 5.74) is 1.25. The maximum atomic E-state index is 11.4. The lowest BCUT2D eigenvalue weighted by Crippen LogP contribution is -2.45. The Morgan fingerprint density at radius 2 is 2.21 bits per heavy atom. The number of benzene rings is 1. The van der Waals surface area contributed by atoms with E-state index in [0.717, 1.165) is 0 Å². The number of fused-ring (bicyclic) bond motifs is 1. The summed E-state index contributed by atoms with van der Waals surface area (Å²) in [5, 5.41) is 9.28. The molecular formula is C14H17NO4. The minimum absolute atomic E-state index is 0.0447. The quantitative estimate of drug-likeness (QED) is 0.841. The van der Waals surface area contributed by atoms with Crippen LogP contribution in [0.4, 0.5) is 5.69 Å². The Kier molecular flexibility index (Phi) is 3.74. The molecule has 0 radical (unpaired) electrons. The van der Waals surface area contributed by atoms with Gasteiger partial charge >= 0.3 is 5.97 Å². The second-order valence-electron chi connectivity index (χ2n) is 4.54. The first-order valence-electron chi connectivity index (χ1n) is 6.31. The van der Waals surface area contributed by atoms with E-state index in [4.69, 9.17) is 4.74 Å². The van der Waals surface area contributed by atoms with Crippen molar-refractivity contribution >= 4 is 17.4 Å². The molecule has 0 fully saturated rings. The summed E-state index contributed by atoms with van der Waals surface area (Å²) >= 11 is 0. The van der Waals surface area contributed by atoms with Gasteiger partial charge < -0.3 is 14.7 Å². The van der Waals surface area contributed by atoms with Gasteiger partial charge in [-0.3, -0.25) is 4.79 Å². The molecule has 1 aliphatic heterocycles. The fraction of sp³-hybridized carbons (Fsp3) is 0.429. The molecule has 0 saturated heterocycles.